The van der Waals surface area contributed by atoms with Crippen LogP contribution in [0.3, 0.4) is 0 Å². The standard InChI is InChI=1S/C14H17N3O3S/c18-17(19)14-11(4-5-12-13(14)16-9-21-12)15-6-1-7-20-8-10-2-3-10/h4-5,9-10,15H,1-3,6-8H2. The topological polar surface area (TPSA) is 77.3 Å². The first kappa shape index (κ1) is 14.2. The van der Waals surface area contributed by atoms with Gasteiger partial charge in [-0.25, -0.2) is 4.98 Å². The fraction of sp³-hybridized carbons (Fsp3) is 0.500. The molecule has 3 rings (SSSR count). The van der Waals surface area contributed by atoms with Crippen molar-refractivity contribution < 1.29 is 9.66 Å². The highest BCUT2D eigenvalue weighted by molar-refractivity contribution is 7.16. The zero-order chi connectivity index (χ0) is 14.7. The quantitative estimate of drug-likeness (QED) is 0.459. The fourth-order valence-corrected chi connectivity index (χ4v) is 2.86. The van der Waals surface area contributed by atoms with Gasteiger partial charge in [-0.15, -0.1) is 11.3 Å². The van der Waals surface area contributed by atoms with Crippen LogP contribution in [-0.2, 0) is 4.74 Å². The molecule has 21 heavy (non-hydrogen) atoms. The molecule has 6 nitrogen and oxygen atoms in total. The van der Waals surface area contributed by atoms with Gasteiger partial charge in [0, 0.05) is 19.8 Å². The summed E-state index contributed by atoms with van der Waals surface area (Å²) < 4.78 is 6.38. The number of anilines is 1. The lowest BCUT2D eigenvalue weighted by Crippen LogP contribution is -2.08. The average molecular weight is 307 g/mol. The van der Waals surface area contributed by atoms with Crippen molar-refractivity contribution in [3.8, 4) is 0 Å². The largest absolute Gasteiger partial charge is 0.381 e. The lowest BCUT2D eigenvalue weighted by atomic mass is 10.2. The van der Waals surface area contributed by atoms with Gasteiger partial charge in [-0.3, -0.25) is 10.1 Å². The SMILES string of the molecule is O=[N+]([O-])c1c(NCCCOCC2CC2)ccc2scnc12. The minimum Gasteiger partial charge on any atom is -0.381 e. The van der Waals surface area contributed by atoms with Gasteiger partial charge in [0.15, 0.2) is 5.52 Å². The molecule has 1 aromatic heterocycles. The number of ether oxygens (including phenoxy) is 1. The molecule has 7 heteroatoms. The molecule has 0 bridgehead atoms. The summed E-state index contributed by atoms with van der Waals surface area (Å²) in [4.78, 5) is 15.0. The second kappa shape index (κ2) is 6.36. The fourth-order valence-electron chi connectivity index (χ4n) is 2.18. The molecule has 0 unspecified atom stereocenters. The Morgan fingerprint density at radius 3 is 3.10 bits per heavy atom. The first-order valence-electron chi connectivity index (χ1n) is 7.08. The number of nitrogens with one attached hydrogen (secondary N) is 1. The first-order chi connectivity index (χ1) is 10.3. The third-order valence-electron chi connectivity index (χ3n) is 3.49. The molecule has 1 saturated carbocycles. The predicted molar refractivity (Wildman–Crippen MR) is 82.9 cm³/mol. The van der Waals surface area contributed by atoms with Crippen molar-refractivity contribution in [2.24, 2.45) is 5.92 Å². The summed E-state index contributed by atoms with van der Waals surface area (Å²) in [7, 11) is 0. The van der Waals surface area contributed by atoms with Gasteiger partial charge in [0.1, 0.15) is 5.69 Å². The molecule has 112 valence electrons. The van der Waals surface area contributed by atoms with Gasteiger partial charge in [0.05, 0.1) is 15.1 Å². The summed E-state index contributed by atoms with van der Waals surface area (Å²) >= 11 is 1.41. The van der Waals surface area contributed by atoms with E-state index in [1.807, 2.05) is 6.07 Å². The monoisotopic (exact) mass is 307 g/mol. The van der Waals surface area contributed by atoms with Crippen molar-refractivity contribution in [2.75, 3.05) is 25.1 Å². The molecular weight excluding hydrogens is 290 g/mol. The Labute approximate surface area is 126 Å². The van der Waals surface area contributed by atoms with Crippen LogP contribution < -0.4 is 5.32 Å². The van der Waals surface area contributed by atoms with E-state index in [9.17, 15) is 10.1 Å². The van der Waals surface area contributed by atoms with Gasteiger partial charge in [-0.2, -0.15) is 0 Å². The highest BCUT2D eigenvalue weighted by atomic mass is 32.1. The number of thiazole rings is 1. The number of nitrogens with zero attached hydrogens (tertiary/aromatic N) is 2. The second-order valence-corrected chi connectivity index (χ2v) is 6.10. The molecule has 1 heterocycles. The van der Waals surface area contributed by atoms with Crippen molar-refractivity contribution >= 4 is 32.9 Å². The number of nitro groups is 1. The summed E-state index contributed by atoms with van der Waals surface area (Å²) in [6, 6.07) is 3.62. The number of rotatable bonds is 8. The van der Waals surface area contributed by atoms with Crippen LogP contribution in [0.5, 0.6) is 0 Å². The van der Waals surface area contributed by atoms with E-state index in [0.717, 1.165) is 23.6 Å². The predicted octanol–water partition coefficient (Wildman–Crippen LogP) is 3.43. The Balaban J connectivity index is 1.57. The van der Waals surface area contributed by atoms with Crippen molar-refractivity contribution in [1.29, 1.82) is 0 Å². The van der Waals surface area contributed by atoms with Crippen molar-refractivity contribution in [3.63, 3.8) is 0 Å². The minimum absolute atomic E-state index is 0.0626. The molecule has 0 saturated heterocycles. The number of hydrogen-bond acceptors (Lipinski definition) is 6. The molecule has 1 aliphatic carbocycles. The molecule has 0 spiro atoms. The van der Waals surface area contributed by atoms with E-state index in [4.69, 9.17) is 4.74 Å². The van der Waals surface area contributed by atoms with Gasteiger partial charge < -0.3 is 10.1 Å². The van der Waals surface area contributed by atoms with Gasteiger partial charge in [0.2, 0.25) is 0 Å². The van der Waals surface area contributed by atoms with Crippen LogP contribution in [0.1, 0.15) is 19.3 Å². The smallest absolute Gasteiger partial charge is 0.319 e. The third-order valence-corrected chi connectivity index (χ3v) is 4.28. The van der Waals surface area contributed by atoms with Gasteiger partial charge in [-0.05, 0) is 37.3 Å². The van der Waals surface area contributed by atoms with E-state index in [-0.39, 0.29) is 10.6 Å². The molecule has 0 radical (unpaired) electrons. The third kappa shape index (κ3) is 3.48. The van der Waals surface area contributed by atoms with E-state index >= 15 is 0 Å². The Kier molecular flexibility index (Phi) is 4.31. The van der Waals surface area contributed by atoms with Crippen LogP contribution in [0.2, 0.25) is 0 Å². The summed E-state index contributed by atoms with van der Waals surface area (Å²) in [5, 5.41) is 14.4. The molecule has 2 aromatic rings. The van der Waals surface area contributed by atoms with E-state index in [1.54, 1.807) is 11.6 Å². The first-order valence-corrected chi connectivity index (χ1v) is 7.96. The van der Waals surface area contributed by atoms with Crippen LogP contribution in [0, 0.1) is 16.0 Å². The van der Waals surface area contributed by atoms with Crippen molar-refractivity contribution in [1.82, 2.24) is 4.98 Å². The van der Waals surface area contributed by atoms with Gasteiger partial charge >= 0.3 is 5.69 Å². The van der Waals surface area contributed by atoms with Gasteiger partial charge in [-0.1, -0.05) is 0 Å². The second-order valence-electron chi connectivity index (χ2n) is 5.22. The Morgan fingerprint density at radius 1 is 1.48 bits per heavy atom. The number of benzene rings is 1. The van der Waals surface area contributed by atoms with Crippen LogP contribution in [-0.4, -0.2) is 29.7 Å². The number of nitro benzene ring substituents is 1. The highest BCUT2D eigenvalue weighted by Gasteiger charge is 2.21. The maximum atomic E-state index is 11.3. The number of hydrogen-bond donors (Lipinski definition) is 1. The zero-order valence-corrected chi connectivity index (χ0v) is 12.4. The zero-order valence-electron chi connectivity index (χ0n) is 11.6. The summed E-state index contributed by atoms with van der Waals surface area (Å²) in [5.41, 5.74) is 2.68. The molecule has 1 aliphatic rings. The van der Waals surface area contributed by atoms with Crippen LogP contribution in [0.4, 0.5) is 11.4 Å². The molecule has 0 amide bonds. The Morgan fingerprint density at radius 2 is 2.33 bits per heavy atom. The normalized spacial score (nSPS) is 14.5. The van der Waals surface area contributed by atoms with Crippen LogP contribution in [0.25, 0.3) is 10.2 Å². The lowest BCUT2D eigenvalue weighted by molar-refractivity contribution is -0.382. The van der Waals surface area contributed by atoms with E-state index < -0.39 is 0 Å². The average Bonchev–Trinajstić information content (AvgIpc) is 3.17. The highest BCUT2D eigenvalue weighted by Crippen LogP contribution is 2.34. The molecule has 1 N–H and O–H groups in total. The molecular formula is C14H17N3O3S. The lowest BCUT2D eigenvalue weighted by Gasteiger charge is -2.08. The summed E-state index contributed by atoms with van der Waals surface area (Å²) in [6.07, 6.45) is 3.41. The van der Waals surface area contributed by atoms with Crippen molar-refractivity contribution in [2.45, 2.75) is 19.3 Å². The summed E-state index contributed by atoms with van der Waals surface area (Å²) in [5.74, 6) is 0.770. The molecule has 0 atom stereocenters. The molecule has 0 aliphatic heterocycles. The van der Waals surface area contributed by atoms with Crippen LogP contribution in [0.15, 0.2) is 17.6 Å². The molecule has 1 fully saturated rings. The van der Waals surface area contributed by atoms with E-state index in [2.05, 4.69) is 10.3 Å². The van der Waals surface area contributed by atoms with Crippen LogP contribution >= 0.6 is 11.3 Å². The number of fused-ring (bicyclic) bond motifs is 1. The van der Waals surface area contributed by atoms with Gasteiger partial charge in [0.25, 0.3) is 0 Å². The van der Waals surface area contributed by atoms with E-state index in [1.165, 1.54) is 24.2 Å². The molecule has 1 aromatic carbocycles. The van der Waals surface area contributed by atoms with E-state index in [0.29, 0.717) is 24.4 Å². The Hall–Kier alpha value is -1.73. The number of aromatic nitrogens is 1. The minimum atomic E-state index is -0.367. The Bertz CT molecular complexity index is 639. The maximum absolute atomic E-state index is 11.3. The maximum Gasteiger partial charge on any atom is 0.319 e. The van der Waals surface area contributed by atoms with Crippen molar-refractivity contribution in [3.05, 3.63) is 27.8 Å². The summed E-state index contributed by atoms with van der Waals surface area (Å²) in [6.45, 7) is 2.20.